The lowest BCUT2D eigenvalue weighted by Gasteiger charge is -2.19. The molecule has 0 aliphatic carbocycles. The quantitative estimate of drug-likeness (QED) is 0.795. The molecule has 0 radical (unpaired) electrons. The summed E-state index contributed by atoms with van der Waals surface area (Å²) in [5.74, 6) is -0.206. The second-order valence-electron chi connectivity index (χ2n) is 4.82. The van der Waals surface area contributed by atoms with Crippen molar-refractivity contribution < 1.29 is 4.39 Å². The minimum absolute atomic E-state index is 0.192. The third kappa shape index (κ3) is 2.76. The minimum Gasteiger partial charge on any atom is -0.306 e. The molecule has 106 valence electrons. The molecule has 3 aromatic rings. The Kier molecular flexibility index (Phi) is 3.88. The lowest BCUT2D eigenvalue weighted by molar-refractivity contribution is 0.559. The van der Waals surface area contributed by atoms with Gasteiger partial charge in [0.25, 0.3) is 0 Å². The van der Waals surface area contributed by atoms with Gasteiger partial charge in [-0.15, -0.1) is 0 Å². The maximum Gasteiger partial charge on any atom is 0.128 e. The highest BCUT2D eigenvalue weighted by Gasteiger charge is 2.17. The monoisotopic (exact) mass is 281 g/mol. The third-order valence-electron chi connectivity index (χ3n) is 3.45. The van der Waals surface area contributed by atoms with E-state index >= 15 is 0 Å². The van der Waals surface area contributed by atoms with Crippen LogP contribution in [0.3, 0.4) is 0 Å². The highest BCUT2D eigenvalue weighted by Crippen LogP contribution is 2.26. The smallest absolute Gasteiger partial charge is 0.128 e. The van der Waals surface area contributed by atoms with E-state index in [0.29, 0.717) is 5.56 Å². The molecular formula is C17H16FN3. The lowest BCUT2D eigenvalue weighted by Crippen LogP contribution is -2.23. The first-order valence-corrected chi connectivity index (χ1v) is 6.98. The summed E-state index contributed by atoms with van der Waals surface area (Å²) >= 11 is 0. The fourth-order valence-corrected chi connectivity index (χ4v) is 2.48. The van der Waals surface area contributed by atoms with Gasteiger partial charge < -0.3 is 5.32 Å². The van der Waals surface area contributed by atoms with Crippen LogP contribution in [-0.2, 0) is 0 Å². The van der Waals surface area contributed by atoms with Crippen LogP contribution in [0.5, 0.6) is 0 Å². The van der Waals surface area contributed by atoms with E-state index in [1.807, 2.05) is 37.3 Å². The average Bonchev–Trinajstić information content (AvgIpc) is 2.53. The Labute approximate surface area is 122 Å². The van der Waals surface area contributed by atoms with E-state index in [-0.39, 0.29) is 11.9 Å². The van der Waals surface area contributed by atoms with Gasteiger partial charge in [0.2, 0.25) is 0 Å². The Morgan fingerprint density at radius 1 is 1.05 bits per heavy atom. The highest BCUT2D eigenvalue weighted by molar-refractivity contribution is 5.74. The van der Waals surface area contributed by atoms with E-state index in [0.717, 1.165) is 23.1 Å². The summed E-state index contributed by atoms with van der Waals surface area (Å²) in [5.41, 5.74) is 3.27. The van der Waals surface area contributed by atoms with E-state index in [1.54, 1.807) is 18.5 Å². The molecule has 0 aliphatic rings. The Hall–Kier alpha value is -2.33. The largest absolute Gasteiger partial charge is 0.306 e. The fraction of sp³-hybridized carbons (Fsp3) is 0.176. The fourth-order valence-electron chi connectivity index (χ4n) is 2.48. The van der Waals surface area contributed by atoms with Crippen LogP contribution >= 0.6 is 0 Å². The Morgan fingerprint density at radius 2 is 1.81 bits per heavy atom. The van der Waals surface area contributed by atoms with Gasteiger partial charge >= 0.3 is 0 Å². The van der Waals surface area contributed by atoms with Crippen molar-refractivity contribution in [3.05, 3.63) is 71.8 Å². The van der Waals surface area contributed by atoms with Crippen LogP contribution in [-0.4, -0.2) is 16.5 Å². The number of nitrogens with zero attached hydrogens (tertiary/aromatic N) is 2. The summed E-state index contributed by atoms with van der Waals surface area (Å²) in [6.07, 6.45) is 3.33. The van der Waals surface area contributed by atoms with E-state index in [4.69, 9.17) is 0 Å². The topological polar surface area (TPSA) is 37.8 Å². The van der Waals surface area contributed by atoms with Gasteiger partial charge in [-0.3, -0.25) is 9.97 Å². The van der Waals surface area contributed by atoms with Crippen LogP contribution in [0.25, 0.3) is 11.0 Å². The van der Waals surface area contributed by atoms with Crippen molar-refractivity contribution in [2.24, 2.45) is 0 Å². The van der Waals surface area contributed by atoms with Crippen molar-refractivity contribution >= 4 is 11.0 Å². The van der Waals surface area contributed by atoms with Crippen molar-refractivity contribution in [2.75, 3.05) is 6.54 Å². The van der Waals surface area contributed by atoms with Gasteiger partial charge in [0.15, 0.2) is 0 Å². The zero-order chi connectivity index (χ0) is 14.7. The van der Waals surface area contributed by atoms with E-state index in [9.17, 15) is 4.39 Å². The summed E-state index contributed by atoms with van der Waals surface area (Å²) in [6, 6.07) is 12.5. The van der Waals surface area contributed by atoms with E-state index in [2.05, 4.69) is 15.3 Å². The average molecular weight is 281 g/mol. The van der Waals surface area contributed by atoms with Crippen LogP contribution in [0.15, 0.2) is 54.9 Å². The second kappa shape index (κ2) is 5.97. The molecule has 2 aromatic carbocycles. The third-order valence-corrected chi connectivity index (χ3v) is 3.45. The molecular weight excluding hydrogens is 265 g/mol. The number of aromatic nitrogens is 2. The second-order valence-corrected chi connectivity index (χ2v) is 4.82. The Balaban J connectivity index is 2.09. The van der Waals surface area contributed by atoms with Crippen molar-refractivity contribution in [1.29, 1.82) is 0 Å². The molecule has 1 heterocycles. The molecule has 4 heteroatoms. The SMILES string of the molecule is CCNC(c1ccc2nccnc2c1)c1ccccc1F. The number of nitrogens with one attached hydrogen (secondary N) is 1. The number of benzene rings is 2. The molecule has 1 unspecified atom stereocenters. The molecule has 3 rings (SSSR count). The molecule has 0 saturated carbocycles. The molecule has 1 N–H and O–H groups in total. The number of rotatable bonds is 4. The zero-order valence-electron chi connectivity index (χ0n) is 11.8. The van der Waals surface area contributed by atoms with Crippen LogP contribution in [0, 0.1) is 5.82 Å². The molecule has 3 nitrogen and oxygen atoms in total. The molecule has 1 atom stereocenters. The van der Waals surface area contributed by atoms with Gasteiger partial charge in [0.05, 0.1) is 17.1 Å². The summed E-state index contributed by atoms with van der Waals surface area (Å²) in [7, 11) is 0. The summed E-state index contributed by atoms with van der Waals surface area (Å²) in [5, 5.41) is 3.33. The minimum atomic E-state index is -0.206. The number of halogens is 1. The first-order valence-electron chi connectivity index (χ1n) is 6.98. The standard InChI is InChI=1S/C17H16FN3/c1-2-19-17(13-5-3-4-6-14(13)18)12-7-8-15-16(11-12)21-10-9-20-15/h3-11,17,19H,2H2,1H3. The predicted molar refractivity (Wildman–Crippen MR) is 81.5 cm³/mol. The number of fused-ring (bicyclic) bond motifs is 1. The molecule has 0 bridgehead atoms. The summed E-state index contributed by atoms with van der Waals surface area (Å²) in [4.78, 5) is 8.58. The molecule has 0 saturated heterocycles. The maximum absolute atomic E-state index is 14.1. The van der Waals surface area contributed by atoms with Gasteiger partial charge in [0.1, 0.15) is 5.82 Å². The number of hydrogen-bond acceptors (Lipinski definition) is 3. The van der Waals surface area contributed by atoms with Crippen LogP contribution in [0.1, 0.15) is 24.1 Å². The van der Waals surface area contributed by atoms with E-state index in [1.165, 1.54) is 6.07 Å². The normalized spacial score (nSPS) is 12.5. The maximum atomic E-state index is 14.1. The Morgan fingerprint density at radius 3 is 2.57 bits per heavy atom. The van der Waals surface area contributed by atoms with Gasteiger partial charge in [-0.2, -0.15) is 0 Å². The van der Waals surface area contributed by atoms with Crippen molar-refractivity contribution in [3.63, 3.8) is 0 Å². The van der Waals surface area contributed by atoms with Gasteiger partial charge in [-0.1, -0.05) is 31.2 Å². The van der Waals surface area contributed by atoms with Crippen LogP contribution in [0.4, 0.5) is 4.39 Å². The molecule has 0 spiro atoms. The molecule has 0 amide bonds. The van der Waals surface area contributed by atoms with Gasteiger partial charge in [-0.25, -0.2) is 4.39 Å². The zero-order valence-corrected chi connectivity index (χ0v) is 11.8. The molecule has 0 aliphatic heterocycles. The van der Waals surface area contributed by atoms with Crippen LogP contribution < -0.4 is 5.32 Å². The summed E-state index contributed by atoms with van der Waals surface area (Å²) < 4.78 is 14.1. The predicted octanol–water partition coefficient (Wildman–Crippen LogP) is 3.47. The first kappa shape index (κ1) is 13.6. The van der Waals surface area contributed by atoms with Crippen molar-refractivity contribution in [1.82, 2.24) is 15.3 Å². The van der Waals surface area contributed by atoms with E-state index < -0.39 is 0 Å². The molecule has 0 fully saturated rings. The molecule has 21 heavy (non-hydrogen) atoms. The highest BCUT2D eigenvalue weighted by atomic mass is 19.1. The lowest BCUT2D eigenvalue weighted by atomic mass is 9.97. The van der Waals surface area contributed by atoms with Crippen molar-refractivity contribution in [3.8, 4) is 0 Å². The summed E-state index contributed by atoms with van der Waals surface area (Å²) in [6.45, 7) is 2.76. The van der Waals surface area contributed by atoms with Gasteiger partial charge in [-0.05, 0) is 30.3 Å². The number of hydrogen-bond donors (Lipinski definition) is 1. The van der Waals surface area contributed by atoms with Gasteiger partial charge in [0, 0.05) is 18.0 Å². The van der Waals surface area contributed by atoms with Crippen molar-refractivity contribution in [2.45, 2.75) is 13.0 Å². The first-order chi connectivity index (χ1) is 10.3. The molecule has 1 aromatic heterocycles. The van der Waals surface area contributed by atoms with Crippen LogP contribution in [0.2, 0.25) is 0 Å². The Bertz CT molecular complexity index is 758.